The molecule has 0 aromatic heterocycles. The first-order valence-electron chi connectivity index (χ1n) is 7.37. The van der Waals surface area contributed by atoms with Gasteiger partial charge in [0.05, 0.1) is 0 Å². The molecular formula is C16H19ClN2O2. The molecule has 2 fully saturated rings. The van der Waals surface area contributed by atoms with Crippen molar-refractivity contribution in [2.24, 2.45) is 5.92 Å². The lowest BCUT2D eigenvalue weighted by Gasteiger charge is -2.39. The number of anilines is 1. The summed E-state index contributed by atoms with van der Waals surface area (Å²) in [6, 6.07) is 5.24. The minimum atomic E-state index is -0.396. The van der Waals surface area contributed by atoms with E-state index in [4.69, 9.17) is 11.6 Å². The fourth-order valence-corrected chi connectivity index (χ4v) is 2.92. The molecule has 1 aliphatic carbocycles. The minimum absolute atomic E-state index is 0.0323. The highest BCUT2D eigenvalue weighted by Gasteiger charge is 2.40. The first kappa shape index (κ1) is 14.4. The maximum atomic E-state index is 12.6. The second kappa shape index (κ2) is 5.34. The summed E-state index contributed by atoms with van der Waals surface area (Å²) in [4.78, 5) is 28.2. The number of piperazine rings is 1. The molecule has 1 atom stereocenters. The predicted octanol–water partition coefficient (Wildman–Crippen LogP) is 2.62. The van der Waals surface area contributed by atoms with Gasteiger partial charge in [-0.15, -0.1) is 0 Å². The molecule has 2 aliphatic rings. The Kier molecular flexibility index (Phi) is 3.66. The van der Waals surface area contributed by atoms with Gasteiger partial charge in [-0.1, -0.05) is 17.7 Å². The third kappa shape index (κ3) is 2.64. The van der Waals surface area contributed by atoms with Gasteiger partial charge < -0.3 is 9.80 Å². The van der Waals surface area contributed by atoms with Crippen molar-refractivity contribution in [1.82, 2.24) is 4.90 Å². The van der Waals surface area contributed by atoms with Crippen LogP contribution < -0.4 is 4.90 Å². The van der Waals surface area contributed by atoms with Crippen LogP contribution in [0, 0.1) is 12.8 Å². The van der Waals surface area contributed by atoms with E-state index in [0.29, 0.717) is 18.1 Å². The second-order valence-electron chi connectivity index (χ2n) is 5.91. The molecule has 1 unspecified atom stereocenters. The van der Waals surface area contributed by atoms with E-state index in [9.17, 15) is 9.59 Å². The molecule has 21 heavy (non-hydrogen) atoms. The van der Waals surface area contributed by atoms with Crippen LogP contribution in [0.25, 0.3) is 0 Å². The summed E-state index contributed by atoms with van der Waals surface area (Å²) in [7, 11) is 0. The summed E-state index contributed by atoms with van der Waals surface area (Å²) in [6.45, 7) is 4.86. The fourth-order valence-electron chi connectivity index (χ4n) is 2.74. The molecule has 1 aromatic rings. The van der Waals surface area contributed by atoms with Gasteiger partial charge >= 0.3 is 0 Å². The standard InChI is InChI=1S/C16H19ClN2O2/c1-10-3-6-13(9-14(10)17)19-8-7-18(11(2)15(19)20)16(21)12-4-5-12/h3,6,9,11-12H,4-5,7-8H2,1-2H3. The van der Waals surface area contributed by atoms with Crippen molar-refractivity contribution in [3.63, 3.8) is 0 Å². The van der Waals surface area contributed by atoms with Gasteiger partial charge in [0.25, 0.3) is 0 Å². The number of benzene rings is 1. The van der Waals surface area contributed by atoms with Crippen molar-refractivity contribution in [2.45, 2.75) is 32.7 Å². The third-order valence-corrected chi connectivity index (χ3v) is 4.74. The lowest BCUT2D eigenvalue weighted by Crippen LogP contribution is -2.58. The lowest BCUT2D eigenvalue weighted by atomic mass is 10.1. The number of amides is 2. The lowest BCUT2D eigenvalue weighted by molar-refractivity contribution is -0.141. The topological polar surface area (TPSA) is 40.6 Å². The van der Waals surface area contributed by atoms with E-state index < -0.39 is 6.04 Å². The highest BCUT2D eigenvalue weighted by atomic mass is 35.5. The van der Waals surface area contributed by atoms with E-state index in [1.807, 2.05) is 32.0 Å². The Morgan fingerprint density at radius 1 is 1.29 bits per heavy atom. The number of carbonyl (C=O) groups is 2. The molecule has 1 saturated carbocycles. The van der Waals surface area contributed by atoms with Crippen molar-refractivity contribution in [3.8, 4) is 0 Å². The zero-order valence-corrected chi connectivity index (χ0v) is 13.1. The Balaban J connectivity index is 1.79. The maximum Gasteiger partial charge on any atom is 0.249 e. The Morgan fingerprint density at radius 2 is 2.00 bits per heavy atom. The minimum Gasteiger partial charge on any atom is -0.329 e. The van der Waals surface area contributed by atoms with Gasteiger partial charge in [0.2, 0.25) is 11.8 Å². The van der Waals surface area contributed by atoms with Gasteiger partial charge in [0.15, 0.2) is 0 Å². The average molecular weight is 307 g/mol. The van der Waals surface area contributed by atoms with E-state index in [-0.39, 0.29) is 17.7 Å². The molecular weight excluding hydrogens is 288 g/mol. The summed E-state index contributed by atoms with van der Waals surface area (Å²) < 4.78 is 0. The van der Waals surface area contributed by atoms with Gasteiger partial charge in [-0.05, 0) is 44.4 Å². The monoisotopic (exact) mass is 306 g/mol. The quantitative estimate of drug-likeness (QED) is 0.843. The largest absolute Gasteiger partial charge is 0.329 e. The summed E-state index contributed by atoms with van der Waals surface area (Å²) in [5, 5.41) is 0.657. The Hall–Kier alpha value is -1.55. The highest BCUT2D eigenvalue weighted by Crippen LogP contribution is 2.33. The SMILES string of the molecule is Cc1ccc(N2CCN(C(=O)C3CC3)C(C)C2=O)cc1Cl. The molecule has 1 aliphatic heterocycles. The van der Waals surface area contributed by atoms with E-state index in [2.05, 4.69) is 0 Å². The first-order chi connectivity index (χ1) is 9.99. The third-order valence-electron chi connectivity index (χ3n) is 4.33. The van der Waals surface area contributed by atoms with Gasteiger partial charge in [-0.2, -0.15) is 0 Å². The summed E-state index contributed by atoms with van der Waals surface area (Å²) in [6.07, 6.45) is 1.93. The molecule has 112 valence electrons. The van der Waals surface area contributed by atoms with E-state index in [0.717, 1.165) is 24.1 Å². The number of hydrogen-bond acceptors (Lipinski definition) is 2. The zero-order valence-electron chi connectivity index (χ0n) is 12.3. The molecule has 0 radical (unpaired) electrons. The van der Waals surface area contributed by atoms with E-state index in [1.54, 1.807) is 9.80 Å². The van der Waals surface area contributed by atoms with Gasteiger partial charge in [-0.25, -0.2) is 0 Å². The van der Waals surface area contributed by atoms with Crippen LogP contribution in [0.2, 0.25) is 5.02 Å². The summed E-state index contributed by atoms with van der Waals surface area (Å²) in [5.74, 6) is 0.258. The molecule has 1 heterocycles. The Labute approximate surface area is 129 Å². The molecule has 0 spiro atoms. The second-order valence-corrected chi connectivity index (χ2v) is 6.31. The van der Waals surface area contributed by atoms with Crippen LogP contribution in [-0.4, -0.2) is 35.8 Å². The van der Waals surface area contributed by atoms with Crippen molar-refractivity contribution >= 4 is 29.1 Å². The summed E-state index contributed by atoms with van der Waals surface area (Å²) in [5.41, 5.74) is 1.80. The number of nitrogens with zero attached hydrogens (tertiary/aromatic N) is 2. The molecule has 5 heteroatoms. The number of carbonyl (C=O) groups excluding carboxylic acids is 2. The fraction of sp³-hybridized carbons (Fsp3) is 0.500. The number of aryl methyl sites for hydroxylation is 1. The van der Waals surface area contributed by atoms with Crippen LogP contribution in [0.3, 0.4) is 0 Å². The smallest absolute Gasteiger partial charge is 0.249 e. The predicted molar refractivity (Wildman–Crippen MR) is 82.4 cm³/mol. The number of hydrogen-bond donors (Lipinski definition) is 0. The summed E-state index contributed by atoms with van der Waals surface area (Å²) >= 11 is 6.14. The van der Waals surface area contributed by atoms with Gasteiger partial charge in [-0.3, -0.25) is 9.59 Å². The van der Waals surface area contributed by atoms with Crippen LogP contribution in [0.1, 0.15) is 25.3 Å². The van der Waals surface area contributed by atoms with Crippen LogP contribution in [0.5, 0.6) is 0 Å². The normalized spacial score (nSPS) is 22.6. The Morgan fingerprint density at radius 3 is 2.62 bits per heavy atom. The van der Waals surface area contributed by atoms with E-state index in [1.165, 1.54) is 0 Å². The van der Waals surface area contributed by atoms with Crippen LogP contribution in [0.15, 0.2) is 18.2 Å². The Bertz CT molecular complexity index is 598. The highest BCUT2D eigenvalue weighted by molar-refractivity contribution is 6.31. The van der Waals surface area contributed by atoms with Crippen LogP contribution >= 0.6 is 11.6 Å². The molecule has 4 nitrogen and oxygen atoms in total. The van der Waals surface area contributed by atoms with Crippen molar-refractivity contribution in [3.05, 3.63) is 28.8 Å². The molecule has 3 rings (SSSR count). The first-order valence-corrected chi connectivity index (χ1v) is 7.75. The molecule has 1 aromatic carbocycles. The molecule has 0 bridgehead atoms. The average Bonchev–Trinajstić information content (AvgIpc) is 3.29. The molecule has 0 N–H and O–H groups in total. The van der Waals surface area contributed by atoms with Crippen molar-refractivity contribution in [1.29, 1.82) is 0 Å². The molecule has 1 saturated heterocycles. The number of rotatable bonds is 2. The van der Waals surface area contributed by atoms with Crippen molar-refractivity contribution in [2.75, 3.05) is 18.0 Å². The zero-order chi connectivity index (χ0) is 15.1. The van der Waals surface area contributed by atoms with Gasteiger partial charge in [0, 0.05) is 29.7 Å². The maximum absolute atomic E-state index is 12.6. The van der Waals surface area contributed by atoms with Crippen LogP contribution in [0.4, 0.5) is 5.69 Å². The molecule has 2 amide bonds. The number of halogens is 1. The van der Waals surface area contributed by atoms with E-state index >= 15 is 0 Å². The van der Waals surface area contributed by atoms with Crippen LogP contribution in [-0.2, 0) is 9.59 Å². The van der Waals surface area contributed by atoms with Gasteiger partial charge in [0.1, 0.15) is 6.04 Å². The van der Waals surface area contributed by atoms with Crippen molar-refractivity contribution < 1.29 is 9.59 Å².